The molecular weight excluding hydrogens is 545 g/mol. The van der Waals surface area contributed by atoms with Crippen molar-refractivity contribution in [1.82, 2.24) is 14.9 Å². The summed E-state index contributed by atoms with van der Waals surface area (Å²) in [5.41, 5.74) is 2.50. The van der Waals surface area contributed by atoms with Gasteiger partial charge in [-0.15, -0.1) is 35.3 Å². The number of aliphatic imine (C=N–C) groups is 1. The number of thiophene rings is 1. The van der Waals surface area contributed by atoms with E-state index in [1.54, 1.807) is 24.6 Å². The van der Waals surface area contributed by atoms with Crippen LogP contribution < -0.4 is 14.9 Å². The molecule has 0 spiro atoms. The van der Waals surface area contributed by atoms with E-state index in [0.717, 1.165) is 25.6 Å². The minimum absolute atomic E-state index is 0. The number of hydrogen-bond donors (Lipinski definition) is 2. The lowest BCUT2D eigenvalue weighted by atomic mass is 10.1. The molecule has 1 aliphatic heterocycles. The van der Waals surface area contributed by atoms with E-state index in [-0.39, 0.29) is 30.5 Å². The normalized spacial score (nSPS) is 14.8. The van der Waals surface area contributed by atoms with Crippen LogP contribution in [0.4, 0.5) is 5.69 Å². The number of nitrogens with one attached hydrogen (secondary N) is 2. The van der Waals surface area contributed by atoms with Crippen molar-refractivity contribution in [3.8, 4) is 0 Å². The number of guanidine groups is 1. The average Bonchev–Trinajstić information content (AvgIpc) is 3.31. The van der Waals surface area contributed by atoms with Gasteiger partial charge in [-0.05, 0) is 48.4 Å². The molecule has 3 rings (SSSR count). The molecule has 0 saturated carbocycles. The van der Waals surface area contributed by atoms with Crippen molar-refractivity contribution in [2.75, 3.05) is 45.2 Å². The Balaban J connectivity index is 0.00000341. The van der Waals surface area contributed by atoms with Gasteiger partial charge < -0.3 is 15.1 Å². The Morgan fingerprint density at radius 3 is 2.45 bits per heavy atom. The van der Waals surface area contributed by atoms with Gasteiger partial charge in [-0.2, -0.15) is 0 Å². The molecule has 1 aromatic heterocycles. The fraction of sp³-hybridized carbons (Fsp3) is 0.476. The third-order valence-corrected chi connectivity index (χ3v) is 7.97. The van der Waals surface area contributed by atoms with Gasteiger partial charge in [-0.1, -0.05) is 18.2 Å². The Bertz CT molecular complexity index is 912. The lowest BCUT2D eigenvalue weighted by Crippen LogP contribution is -2.42. The molecule has 1 fully saturated rings. The summed E-state index contributed by atoms with van der Waals surface area (Å²) in [6.45, 7) is 3.76. The molecular formula is C21H32IN5O2S2. The first-order valence-corrected chi connectivity index (χ1v) is 12.6. The number of anilines is 1. The van der Waals surface area contributed by atoms with Crippen molar-refractivity contribution in [1.29, 1.82) is 0 Å². The number of nitrogens with zero attached hydrogens (tertiary/aromatic N) is 3. The van der Waals surface area contributed by atoms with E-state index in [4.69, 9.17) is 0 Å². The van der Waals surface area contributed by atoms with E-state index in [0.29, 0.717) is 10.8 Å². The zero-order chi connectivity index (χ0) is 21.4. The molecule has 0 bridgehead atoms. The van der Waals surface area contributed by atoms with Gasteiger partial charge in [0.15, 0.2) is 5.96 Å². The minimum atomic E-state index is -3.43. The van der Waals surface area contributed by atoms with Gasteiger partial charge >= 0.3 is 0 Å². The van der Waals surface area contributed by atoms with Gasteiger partial charge in [0, 0.05) is 52.5 Å². The minimum Gasteiger partial charge on any atom is -0.372 e. The summed E-state index contributed by atoms with van der Waals surface area (Å²) in [6.07, 6.45) is 3.88. The molecule has 7 nitrogen and oxygen atoms in total. The summed E-state index contributed by atoms with van der Waals surface area (Å²) < 4.78 is 27.2. The molecule has 31 heavy (non-hydrogen) atoms. The second-order valence-corrected chi connectivity index (χ2v) is 10.3. The SMILES string of the molecule is CN=C(NCCNS(=O)(=O)c1cccs1)N(C)Cc1ccc(N2CCCCC2)cc1.I. The predicted octanol–water partition coefficient (Wildman–Crippen LogP) is 3.34. The molecule has 1 aromatic carbocycles. The van der Waals surface area contributed by atoms with Crippen LogP contribution in [0, 0.1) is 0 Å². The van der Waals surface area contributed by atoms with Gasteiger partial charge in [0.05, 0.1) is 0 Å². The Morgan fingerprint density at radius 1 is 1.13 bits per heavy atom. The van der Waals surface area contributed by atoms with E-state index in [1.807, 2.05) is 11.9 Å². The molecule has 172 valence electrons. The summed E-state index contributed by atoms with van der Waals surface area (Å²) >= 11 is 1.21. The van der Waals surface area contributed by atoms with Crippen LogP contribution in [0.15, 0.2) is 51.0 Å². The monoisotopic (exact) mass is 577 g/mol. The third kappa shape index (κ3) is 7.62. The highest BCUT2D eigenvalue weighted by molar-refractivity contribution is 14.0. The Hall–Kier alpha value is -1.37. The maximum absolute atomic E-state index is 12.2. The van der Waals surface area contributed by atoms with Crippen LogP contribution in [0.3, 0.4) is 0 Å². The van der Waals surface area contributed by atoms with E-state index in [9.17, 15) is 8.42 Å². The van der Waals surface area contributed by atoms with Crippen LogP contribution in [0.25, 0.3) is 0 Å². The van der Waals surface area contributed by atoms with Crippen molar-refractivity contribution < 1.29 is 8.42 Å². The number of piperidine rings is 1. The summed E-state index contributed by atoms with van der Waals surface area (Å²) in [7, 11) is 0.273. The maximum atomic E-state index is 12.2. The number of halogens is 1. The van der Waals surface area contributed by atoms with Crippen molar-refractivity contribution >= 4 is 57.0 Å². The van der Waals surface area contributed by atoms with Gasteiger partial charge in [0.25, 0.3) is 0 Å². The van der Waals surface area contributed by atoms with Crippen LogP contribution in [0.2, 0.25) is 0 Å². The van der Waals surface area contributed by atoms with Crippen molar-refractivity contribution in [2.24, 2.45) is 4.99 Å². The lowest BCUT2D eigenvalue weighted by molar-refractivity contribution is 0.477. The van der Waals surface area contributed by atoms with E-state index >= 15 is 0 Å². The standard InChI is InChI=1S/C21H31N5O2S2.HI/c1-22-21(23-12-13-24-30(27,28)20-7-6-16-29-20)25(2)17-18-8-10-19(11-9-18)26-14-4-3-5-15-26;/h6-11,16,24H,3-5,12-15,17H2,1-2H3,(H,22,23);1H. The lowest BCUT2D eigenvalue weighted by Gasteiger charge is -2.29. The smallest absolute Gasteiger partial charge is 0.250 e. The molecule has 2 N–H and O–H groups in total. The fourth-order valence-corrected chi connectivity index (χ4v) is 5.61. The molecule has 0 aliphatic carbocycles. The molecule has 0 amide bonds. The van der Waals surface area contributed by atoms with Gasteiger partial charge in [0.1, 0.15) is 4.21 Å². The molecule has 2 aromatic rings. The molecule has 2 heterocycles. The first-order chi connectivity index (χ1) is 14.5. The fourth-order valence-electron chi connectivity index (χ4n) is 3.54. The summed E-state index contributed by atoms with van der Waals surface area (Å²) in [6, 6.07) is 12.1. The zero-order valence-electron chi connectivity index (χ0n) is 18.1. The highest BCUT2D eigenvalue weighted by atomic mass is 127. The molecule has 0 atom stereocenters. The largest absolute Gasteiger partial charge is 0.372 e. The number of sulfonamides is 1. The molecule has 10 heteroatoms. The summed E-state index contributed by atoms with van der Waals surface area (Å²) in [4.78, 5) is 8.79. The van der Waals surface area contributed by atoms with Crippen LogP contribution in [-0.2, 0) is 16.6 Å². The highest BCUT2D eigenvalue weighted by Gasteiger charge is 2.15. The van der Waals surface area contributed by atoms with Gasteiger partial charge in [-0.25, -0.2) is 13.1 Å². The van der Waals surface area contributed by atoms with E-state index in [2.05, 4.69) is 44.2 Å². The molecule has 0 radical (unpaired) electrons. The van der Waals surface area contributed by atoms with Crippen LogP contribution in [0.1, 0.15) is 24.8 Å². The van der Waals surface area contributed by atoms with Crippen LogP contribution in [0.5, 0.6) is 0 Å². The number of rotatable bonds is 8. The van der Waals surface area contributed by atoms with Gasteiger partial charge in [-0.3, -0.25) is 4.99 Å². The van der Waals surface area contributed by atoms with Crippen molar-refractivity contribution in [3.63, 3.8) is 0 Å². The molecule has 1 saturated heterocycles. The highest BCUT2D eigenvalue weighted by Crippen LogP contribution is 2.20. The Labute approximate surface area is 207 Å². The van der Waals surface area contributed by atoms with Crippen LogP contribution >= 0.6 is 35.3 Å². The third-order valence-electron chi connectivity index (χ3n) is 5.11. The quantitative estimate of drug-likeness (QED) is 0.218. The first-order valence-electron chi connectivity index (χ1n) is 10.3. The first kappa shape index (κ1) is 25.9. The van der Waals surface area contributed by atoms with Crippen LogP contribution in [-0.4, -0.2) is 59.6 Å². The summed E-state index contributed by atoms with van der Waals surface area (Å²) in [5, 5.41) is 4.97. The average molecular weight is 578 g/mol. The zero-order valence-corrected chi connectivity index (χ0v) is 22.0. The summed E-state index contributed by atoms with van der Waals surface area (Å²) in [5.74, 6) is 0.727. The molecule has 0 unspecified atom stereocenters. The van der Waals surface area contributed by atoms with E-state index < -0.39 is 10.0 Å². The van der Waals surface area contributed by atoms with Crippen molar-refractivity contribution in [3.05, 3.63) is 47.3 Å². The second-order valence-electron chi connectivity index (χ2n) is 7.37. The Kier molecular flexibility index (Phi) is 10.5. The van der Waals surface area contributed by atoms with E-state index in [1.165, 1.54) is 41.9 Å². The molecule has 1 aliphatic rings. The second kappa shape index (κ2) is 12.6. The predicted molar refractivity (Wildman–Crippen MR) is 140 cm³/mol. The number of benzene rings is 1. The van der Waals surface area contributed by atoms with Gasteiger partial charge in [0.2, 0.25) is 10.0 Å². The topological polar surface area (TPSA) is 77.0 Å². The maximum Gasteiger partial charge on any atom is 0.250 e. The number of hydrogen-bond acceptors (Lipinski definition) is 5. The Morgan fingerprint density at radius 2 is 1.84 bits per heavy atom. The van der Waals surface area contributed by atoms with Crippen molar-refractivity contribution in [2.45, 2.75) is 30.0 Å².